The van der Waals surface area contributed by atoms with Crippen LogP contribution < -0.4 is 25.6 Å². The predicted octanol–water partition coefficient (Wildman–Crippen LogP) is 4.72. The number of nitrogens with zero attached hydrogens (tertiary/aromatic N) is 5. The summed E-state index contributed by atoms with van der Waals surface area (Å²) < 4.78 is 21.3. The second-order valence-electron chi connectivity index (χ2n) is 10.4. The van der Waals surface area contributed by atoms with E-state index in [-0.39, 0.29) is 5.82 Å². The van der Waals surface area contributed by atoms with E-state index < -0.39 is 0 Å². The van der Waals surface area contributed by atoms with Gasteiger partial charge in [0.25, 0.3) is 0 Å². The molecular weight excluding hydrogens is 559 g/mol. The van der Waals surface area contributed by atoms with Crippen molar-refractivity contribution in [2.45, 2.75) is 18.9 Å². The number of fused-ring (bicyclic) bond motifs is 1. The number of methoxy groups -OCH3 is 1. The van der Waals surface area contributed by atoms with Gasteiger partial charge in [-0.25, -0.2) is 9.38 Å². The highest BCUT2D eigenvalue weighted by atomic mass is 19.1. The van der Waals surface area contributed by atoms with Crippen LogP contribution in [0.2, 0.25) is 0 Å². The number of piperazine rings is 1. The summed E-state index contributed by atoms with van der Waals surface area (Å²) >= 11 is 0. The first kappa shape index (κ1) is 32.4. The van der Waals surface area contributed by atoms with E-state index in [1.165, 1.54) is 31.1 Å². The standard InChI is InChI=1S/C30H39FN8O.C3H4O/c1-32-25-19-26(29(40-3)20-28(25)38-16-14-37(15-17-38)24-6-10-34-11-7-24)36-21-35-12-8-30(33-2)39-13-9-22-4-5-23(31)18-27(22)39;1-2-3-4/h4-5,8-9,12-13,18-20,24,32,34,36H,2,6-7,10-11,14-17,21H2,1,3H3;2-3H,1H2/b30-8+,35-12-;. The molecule has 0 amide bonds. The first-order valence-electron chi connectivity index (χ1n) is 14.9. The zero-order valence-corrected chi connectivity index (χ0v) is 25.6. The number of halogens is 1. The maximum atomic E-state index is 13.8. The van der Waals surface area contributed by atoms with Gasteiger partial charge in [0.1, 0.15) is 30.3 Å². The van der Waals surface area contributed by atoms with E-state index >= 15 is 0 Å². The highest BCUT2D eigenvalue weighted by Crippen LogP contribution is 2.37. The first-order valence-corrected chi connectivity index (χ1v) is 14.9. The van der Waals surface area contributed by atoms with Gasteiger partial charge in [0, 0.05) is 63.1 Å². The molecule has 0 saturated carbocycles. The molecule has 0 aliphatic carbocycles. The Labute approximate surface area is 259 Å². The lowest BCUT2D eigenvalue weighted by Crippen LogP contribution is -2.52. The highest BCUT2D eigenvalue weighted by molar-refractivity contribution is 5.87. The van der Waals surface area contributed by atoms with Crippen LogP contribution in [0.25, 0.3) is 16.7 Å². The Kier molecular flexibility index (Phi) is 12.1. The van der Waals surface area contributed by atoms with Crippen molar-refractivity contribution in [1.82, 2.24) is 14.8 Å². The average Bonchev–Trinajstić information content (AvgIpc) is 3.49. The van der Waals surface area contributed by atoms with Crippen molar-refractivity contribution in [3.05, 3.63) is 67.1 Å². The number of anilines is 3. The zero-order valence-electron chi connectivity index (χ0n) is 25.6. The summed E-state index contributed by atoms with van der Waals surface area (Å²) in [6.45, 7) is 13.5. The summed E-state index contributed by atoms with van der Waals surface area (Å²) in [5, 5.41) is 11.1. The van der Waals surface area contributed by atoms with Gasteiger partial charge in [-0.1, -0.05) is 6.58 Å². The number of allylic oxidation sites excluding steroid dienone is 2. The molecule has 11 heteroatoms. The van der Waals surface area contributed by atoms with Crippen LogP contribution in [0.1, 0.15) is 12.8 Å². The fraction of sp³-hybridized carbons (Fsp3) is 0.364. The smallest absolute Gasteiger partial charge is 0.144 e. The molecule has 0 bridgehead atoms. The lowest BCUT2D eigenvalue weighted by molar-refractivity contribution is -0.104. The highest BCUT2D eigenvalue weighted by Gasteiger charge is 2.26. The maximum absolute atomic E-state index is 13.8. The summed E-state index contributed by atoms with van der Waals surface area (Å²) in [6.07, 6.45) is 9.58. The van der Waals surface area contributed by atoms with Crippen LogP contribution >= 0.6 is 0 Å². The Morgan fingerprint density at radius 2 is 1.89 bits per heavy atom. The monoisotopic (exact) mass is 602 g/mol. The number of rotatable bonds is 11. The summed E-state index contributed by atoms with van der Waals surface area (Å²) in [4.78, 5) is 22.7. The number of hydrogen-bond acceptors (Lipinski definition) is 9. The van der Waals surface area contributed by atoms with Gasteiger partial charge in [-0.15, -0.1) is 0 Å². The summed E-state index contributed by atoms with van der Waals surface area (Å²) in [6, 6.07) is 11.5. The van der Waals surface area contributed by atoms with E-state index in [2.05, 4.69) is 61.2 Å². The zero-order chi connectivity index (χ0) is 31.3. The lowest BCUT2D eigenvalue weighted by atomic mass is 10.0. The summed E-state index contributed by atoms with van der Waals surface area (Å²) in [5.41, 5.74) is 3.78. The lowest BCUT2D eigenvalue weighted by Gasteiger charge is -2.42. The quantitative estimate of drug-likeness (QED) is 0.166. The number of ether oxygens (including phenoxy) is 1. The number of carbonyl (C=O) groups excluding carboxylic acids is 1. The van der Waals surface area contributed by atoms with Gasteiger partial charge in [0.15, 0.2) is 0 Å². The number of piperidine rings is 1. The number of benzene rings is 2. The molecule has 0 radical (unpaired) electrons. The number of aromatic nitrogens is 1. The van der Waals surface area contributed by atoms with Crippen molar-refractivity contribution in [1.29, 1.82) is 0 Å². The minimum atomic E-state index is -0.297. The van der Waals surface area contributed by atoms with Gasteiger partial charge in [-0.05, 0) is 75.1 Å². The molecular formula is C33H43FN8O2. The molecule has 234 valence electrons. The SMILES string of the molecule is C=CC=O.C=N/C(=C\C=N/CNc1cc(NC)c(N2CCN(C3CCNCC3)CC2)cc1OC)n1ccc2ccc(F)cc21. The molecule has 10 nitrogen and oxygen atoms in total. The van der Waals surface area contributed by atoms with Crippen LogP contribution in [0, 0.1) is 5.82 Å². The Morgan fingerprint density at radius 1 is 1.14 bits per heavy atom. The Bertz CT molecular complexity index is 1460. The third-order valence-corrected chi connectivity index (χ3v) is 7.92. The molecule has 2 aromatic carbocycles. The van der Waals surface area contributed by atoms with Crippen molar-refractivity contribution < 1.29 is 13.9 Å². The summed E-state index contributed by atoms with van der Waals surface area (Å²) in [7, 11) is 3.64. The number of aliphatic imine (C=N–C) groups is 2. The van der Waals surface area contributed by atoms with E-state index in [0.717, 1.165) is 73.0 Å². The Morgan fingerprint density at radius 3 is 2.55 bits per heavy atom. The van der Waals surface area contributed by atoms with Crippen molar-refractivity contribution in [3.63, 3.8) is 0 Å². The van der Waals surface area contributed by atoms with Crippen molar-refractivity contribution >= 4 is 53.0 Å². The van der Waals surface area contributed by atoms with Crippen LogP contribution in [0.3, 0.4) is 0 Å². The first-order chi connectivity index (χ1) is 21.5. The van der Waals surface area contributed by atoms with E-state index in [1.807, 2.05) is 19.3 Å². The second kappa shape index (κ2) is 16.4. The Balaban J connectivity index is 0.00000104. The second-order valence-corrected chi connectivity index (χ2v) is 10.4. The van der Waals surface area contributed by atoms with Gasteiger partial charge in [-0.2, -0.15) is 0 Å². The normalized spacial score (nSPS) is 16.3. The van der Waals surface area contributed by atoms with Crippen LogP contribution in [-0.2, 0) is 4.79 Å². The van der Waals surface area contributed by atoms with Crippen LogP contribution in [-0.4, -0.2) is 94.8 Å². The van der Waals surface area contributed by atoms with Crippen LogP contribution in [0.5, 0.6) is 5.75 Å². The largest absolute Gasteiger partial charge is 0.495 e. The third-order valence-electron chi connectivity index (χ3n) is 7.92. The molecule has 2 aliphatic heterocycles. The molecule has 0 unspecified atom stereocenters. The summed E-state index contributed by atoms with van der Waals surface area (Å²) in [5.74, 6) is 1.04. The van der Waals surface area contributed by atoms with Gasteiger partial charge >= 0.3 is 0 Å². The van der Waals surface area contributed by atoms with Crippen LogP contribution in [0.15, 0.2) is 71.3 Å². The molecule has 2 aliphatic rings. The number of hydrogen-bond donors (Lipinski definition) is 3. The van der Waals surface area contributed by atoms with Gasteiger partial charge < -0.3 is 30.2 Å². The number of carbonyl (C=O) groups is 1. The molecule has 0 atom stereocenters. The third kappa shape index (κ3) is 8.12. The molecule has 1 aromatic heterocycles. The fourth-order valence-corrected chi connectivity index (χ4v) is 5.65. The molecule has 0 spiro atoms. The predicted molar refractivity (Wildman–Crippen MR) is 181 cm³/mol. The molecule has 2 saturated heterocycles. The molecule has 44 heavy (non-hydrogen) atoms. The minimum absolute atomic E-state index is 0.297. The molecule has 5 rings (SSSR count). The average molecular weight is 603 g/mol. The van der Waals surface area contributed by atoms with Gasteiger partial charge in [0.05, 0.1) is 29.7 Å². The Hall–Kier alpha value is -4.48. The fourth-order valence-electron chi connectivity index (χ4n) is 5.65. The molecule has 3 aromatic rings. The van der Waals surface area contributed by atoms with Crippen molar-refractivity contribution in [2.75, 3.05) is 75.6 Å². The molecule has 2 fully saturated rings. The van der Waals surface area contributed by atoms with Crippen molar-refractivity contribution in [3.8, 4) is 5.75 Å². The topological polar surface area (TPSA) is 98.5 Å². The minimum Gasteiger partial charge on any atom is -0.495 e. The van der Waals surface area contributed by atoms with E-state index in [4.69, 9.17) is 9.53 Å². The van der Waals surface area contributed by atoms with Gasteiger partial charge in [-0.3, -0.25) is 14.7 Å². The van der Waals surface area contributed by atoms with E-state index in [1.54, 1.807) is 30.0 Å². The van der Waals surface area contributed by atoms with Gasteiger partial charge in [0.2, 0.25) is 0 Å². The van der Waals surface area contributed by atoms with Crippen molar-refractivity contribution in [2.24, 2.45) is 9.98 Å². The van der Waals surface area contributed by atoms with Crippen LogP contribution in [0.4, 0.5) is 21.5 Å². The number of nitrogens with one attached hydrogen (secondary N) is 3. The maximum Gasteiger partial charge on any atom is 0.144 e. The molecule has 3 heterocycles. The number of aldehydes is 1. The van der Waals surface area contributed by atoms with E-state index in [9.17, 15) is 4.39 Å². The van der Waals surface area contributed by atoms with E-state index in [0.29, 0.717) is 24.8 Å². The molecule has 3 N–H and O–H groups in total.